The molecule has 0 spiro atoms. The molecule has 92 valence electrons. The zero-order chi connectivity index (χ0) is 12.4. The number of carbonyl (C=O) groups excluding carboxylic acids is 1. The summed E-state index contributed by atoms with van der Waals surface area (Å²) in [5.74, 6) is 1.34. The Morgan fingerprint density at radius 3 is 2.65 bits per heavy atom. The van der Waals surface area contributed by atoms with Crippen LogP contribution in [0.1, 0.15) is 30.6 Å². The summed E-state index contributed by atoms with van der Waals surface area (Å²) < 4.78 is 0.710. The maximum absolute atomic E-state index is 11.1. The number of rotatable bonds is 2. The van der Waals surface area contributed by atoms with Crippen LogP contribution in [-0.4, -0.2) is 24.4 Å². The van der Waals surface area contributed by atoms with E-state index in [1.807, 2.05) is 0 Å². The van der Waals surface area contributed by atoms with E-state index in [1.54, 1.807) is 12.3 Å². The van der Waals surface area contributed by atoms with Crippen LogP contribution in [0.4, 0.5) is 5.69 Å². The molecule has 1 aliphatic rings. The van der Waals surface area contributed by atoms with Gasteiger partial charge in [0.05, 0.1) is 11.9 Å². The molecule has 1 aromatic heterocycles. The van der Waals surface area contributed by atoms with Gasteiger partial charge in [-0.3, -0.25) is 4.79 Å². The molecule has 0 aliphatic carbocycles. The third-order valence-electron chi connectivity index (χ3n) is 3.22. The maximum atomic E-state index is 11.1. The molecule has 1 saturated heterocycles. The Labute approximate surface area is 110 Å². The number of piperidine rings is 1. The summed E-state index contributed by atoms with van der Waals surface area (Å²) >= 11 is 3.30. The predicted octanol–water partition coefficient (Wildman–Crippen LogP) is 3.14. The Kier molecular flexibility index (Phi) is 3.82. The Morgan fingerprint density at radius 1 is 1.41 bits per heavy atom. The third kappa shape index (κ3) is 2.86. The molecule has 1 fully saturated rings. The van der Waals surface area contributed by atoms with E-state index in [1.165, 1.54) is 6.42 Å². The van der Waals surface area contributed by atoms with Crippen LogP contribution in [0.15, 0.2) is 16.9 Å². The Bertz CT molecular complexity index is 412. The van der Waals surface area contributed by atoms with E-state index < -0.39 is 0 Å². The molecule has 0 N–H and O–H groups in total. The van der Waals surface area contributed by atoms with E-state index >= 15 is 0 Å². The van der Waals surface area contributed by atoms with Crippen molar-refractivity contribution in [2.45, 2.75) is 20.3 Å². The highest BCUT2D eigenvalue weighted by Crippen LogP contribution is 2.28. The van der Waals surface area contributed by atoms with Crippen molar-refractivity contribution >= 4 is 27.9 Å². The Hall–Kier alpha value is -0.900. The van der Waals surface area contributed by atoms with Crippen LogP contribution >= 0.6 is 15.9 Å². The van der Waals surface area contributed by atoms with Gasteiger partial charge < -0.3 is 4.90 Å². The van der Waals surface area contributed by atoms with Crippen LogP contribution in [0.25, 0.3) is 0 Å². The fraction of sp³-hybridized carbons (Fsp3) is 0.538. The monoisotopic (exact) mass is 296 g/mol. The summed E-state index contributed by atoms with van der Waals surface area (Å²) in [4.78, 5) is 17.6. The summed E-state index contributed by atoms with van der Waals surface area (Å²) in [6, 6.07) is 1.78. The number of carbonyl (C=O) groups is 1. The minimum absolute atomic E-state index is 0.668. The second-order valence-corrected chi connectivity index (χ2v) is 5.85. The van der Waals surface area contributed by atoms with Gasteiger partial charge >= 0.3 is 0 Å². The molecule has 0 saturated carbocycles. The van der Waals surface area contributed by atoms with Crippen LogP contribution < -0.4 is 4.90 Å². The molecule has 3 nitrogen and oxygen atoms in total. The SMILES string of the molecule is CC1CC(C)CN(c2cnc(Br)cc2C=O)C1. The van der Waals surface area contributed by atoms with Crippen molar-refractivity contribution < 1.29 is 4.79 Å². The van der Waals surface area contributed by atoms with Gasteiger partial charge in [-0.15, -0.1) is 0 Å². The molecule has 2 unspecified atom stereocenters. The van der Waals surface area contributed by atoms with Crippen LogP contribution in [0, 0.1) is 11.8 Å². The number of aromatic nitrogens is 1. The van der Waals surface area contributed by atoms with Crippen molar-refractivity contribution in [3.8, 4) is 0 Å². The first kappa shape index (κ1) is 12.6. The van der Waals surface area contributed by atoms with Crippen molar-refractivity contribution in [3.05, 3.63) is 22.4 Å². The zero-order valence-electron chi connectivity index (χ0n) is 10.2. The average Bonchev–Trinajstić information content (AvgIpc) is 2.27. The number of aldehydes is 1. The van der Waals surface area contributed by atoms with Crippen molar-refractivity contribution in [1.82, 2.24) is 4.98 Å². The molecule has 0 amide bonds. The van der Waals surface area contributed by atoms with Gasteiger partial charge in [-0.25, -0.2) is 4.98 Å². The molecule has 2 rings (SSSR count). The van der Waals surface area contributed by atoms with Crippen LogP contribution in [0.2, 0.25) is 0 Å². The normalized spacial score (nSPS) is 24.8. The summed E-state index contributed by atoms with van der Waals surface area (Å²) in [6.07, 6.45) is 3.96. The average molecular weight is 297 g/mol. The molecule has 0 bridgehead atoms. The van der Waals surface area contributed by atoms with Gasteiger partial charge in [0.1, 0.15) is 4.60 Å². The summed E-state index contributed by atoms with van der Waals surface area (Å²) in [7, 11) is 0. The molecule has 1 aromatic rings. The molecule has 17 heavy (non-hydrogen) atoms. The highest BCUT2D eigenvalue weighted by atomic mass is 79.9. The molecular formula is C13H17BrN2O. The van der Waals surface area contributed by atoms with Crippen molar-refractivity contribution in [2.75, 3.05) is 18.0 Å². The molecular weight excluding hydrogens is 280 g/mol. The van der Waals surface area contributed by atoms with Crippen LogP contribution in [0.5, 0.6) is 0 Å². The lowest BCUT2D eigenvalue weighted by Crippen LogP contribution is -2.39. The van der Waals surface area contributed by atoms with Crippen molar-refractivity contribution in [1.29, 1.82) is 0 Å². The maximum Gasteiger partial charge on any atom is 0.152 e. The number of nitrogens with zero attached hydrogens (tertiary/aromatic N) is 2. The van der Waals surface area contributed by atoms with Crippen molar-refractivity contribution in [3.63, 3.8) is 0 Å². The number of anilines is 1. The summed E-state index contributed by atoms with van der Waals surface area (Å²) in [5.41, 5.74) is 1.68. The van der Waals surface area contributed by atoms with E-state index in [0.717, 1.165) is 25.1 Å². The molecule has 0 radical (unpaired) electrons. The largest absolute Gasteiger partial charge is 0.369 e. The molecule has 2 heterocycles. The Morgan fingerprint density at radius 2 is 2.06 bits per heavy atom. The third-order valence-corrected chi connectivity index (χ3v) is 3.65. The lowest BCUT2D eigenvalue weighted by atomic mass is 9.91. The van der Waals surface area contributed by atoms with Gasteiger partial charge in [-0.05, 0) is 40.3 Å². The minimum atomic E-state index is 0.668. The van der Waals surface area contributed by atoms with E-state index in [9.17, 15) is 4.79 Å². The minimum Gasteiger partial charge on any atom is -0.369 e. The standard InChI is InChI=1S/C13H17BrN2O/c1-9-3-10(2)7-16(6-9)12-5-15-13(14)4-11(12)8-17/h4-5,8-10H,3,6-7H2,1-2H3. The van der Waals surface area contributed by atoms with E-state index in [-0.39, 0.29) is 0 Å². The lowest BCUT2D eigenvalue weighted by Gasteiger charge is -2.37. The van der Waals surface area contributed by atoms with Crippen LogP contribution in [0.3, 0.4) is 0 Å². The first-order chi connectivity index (χ1) is 8.10. The first-order valence-electron chi connectivity index (χ1n) is 5.95. The molecule has 0 aromatic carbocycles. The van der Waals surface area contributed by atoms with Gasteiger partial charge in [-0.1, -0.05) is 13.8 Å². The summed E-state index contributed by atoms with van der Waals surface area (Å²) in [5, 5.41) is 0. The smallest absolute Gasteiger partial charge is 0.152 e. The van der Waals surface area contributed by atoms with E-state index in [0.29, 0.717) is 22.0 Å². The topological polar surface area (TPSA) is 33.2 Å². The number of hydrogen-bond donors (Lipinski definition) is 0. The second-order valence-electron chi connectivity index (χ2n) is 5.03. The first-order valence-corrected chi connectivity index (χ1v) is 6.75. The Balaban J connectivity index is 2.29. The van der Waals surface area contributed by atoms with Gasteiger partial charge in [0.2, 0.25) is 0 Å². The van der Waals surface area contributed by atoms with E-state index in [4.69, 9.17) is 0 Å². The fourth-order valence-corrected chi connectivity index (χ4v) is 3.00. The predicted molar refractivity (Wildman–Crippen MR) is 72.5 cm³/mol. The second kappa shape index (κ2) is 5.17. The van der Waals surface area contributed by atoms with Gasteiger partial charge in [0.25, 0.3) is 0 Å². The number of hydrogen-bond acceptors (Lipinski definition) is 3. The van der Waals surface area contributed by atoms with Crippen molar-refractivity contribution in [2.24, 2.45) is 11.8 Å². The lowest BCUT2D eigenvalue weighted by molar-refractivity contribution is 0.112. The zero-order valence-corrected chi connectivity index (χ0v) is 11.8. The van der Waals surface area contributed by atoms with E-state index in [2.05, 4.69) is 39.7 Å². The van der Waals surface area contributed by atoms with Crippen LogP contribution in [-0.2, 0) is 0 Å². The van der Waals surface area contributed by atoms with Gasteiger partial charge in [0.15, 0.2) is 6.29 Å². The highest BCUT2D eigenvalue weighted by molar-refractivity contribution is 9.10. The molecule has 1 aliphatic heterocycles. The fourth-order valence-electron chi connectivity index (χ4n) is 2.66. The molecule has 2 atom stereocenters. The van der Waals surface area contributed by atoms with Gasteiger partial charge in [0, 0.05) is 18.7 Å². The highest BCUT2D eigenvalue weighted by Gasteiger charge is 2.23. The number of pyridine rings is 1. The van der Waals surface area contributed by atoms with Gasteiger partial charge in [-0.2, -0.15) is 0 Å². The number of halogens is 1. The molecule has 4 heteroatoms. The summed E-state index contributed by atoms with van der Waals surface area (Å²) in [6.45, 7) is 6.54. The quantitative estimate of drug-likeness (QED) is 0.621.